The highest BCUT2D eigenvalue weighted by molar-refractivity contribution is 6.17. The highest BCUT2D eigenvalue weighted by Crippen LogP contribution is 2.18. The van der Waals surface area contributed by atoms with Crippen molar-refractivity contribution in [3.05, 3.63) is 0 Å². The lowest BCUT2D eigenvalue weighted by Crippen LogP contribution is -3.00. The maximum absolute atomic E-state index is 6.03. The summed E-state index contributed by atoms with van der Waals surface area (Å²) < 4.78 is 1.36. The van der Waals surface area contributed by atoms with Crippen molar-refractivity contribution < 1.29 is 28.5 Å². The molecule has 0 amide bonds. The normalized spacial score (nSPS) is 11.5. The van der Waals surface area contributed by atoms with Crippen molar-refractivity contribution in [1.29, 1.82) is 0 Å². The van der Waals surface area contributed by atoms with Gasteiger partial charge in [0.2, 0.25) is 0 Å². The molecular formula is C20H43ClIN. The van der Waals surface area contributed by atoms with Crippen LogP contribution >= 0.6 is 11.6 Å². The number of hydrogen-bond acceptors (Lipinski definition) is 0. The average Bonchev–Trinajstić information content (AvgIpc) is 2.54. The van der Waals surface area contributed by atoms with Gasteiger partial charge in [-0.25, -0.2) is 0 Å². The summed E-state index contributed by atoms with van der Waals surface area (Å²) in [4.78, 5) is 0. The molecule has 142 valence electrons. The molecule has 0 aliphatic rings. The number of alkyl halides is 1. The van der Waals surface area contributed by atoms with Gasteiger partial charge in [-0.2, -0.15) is 0 Å². The van der Waals surface area contributed by atoms with E-state index in [0.29, 0.717) is 0 Å². The number of halogens is 2. The second-order valence-corrected chi connectivity index (χ2v) is 7.48. The van der Waals surface area contributed by atoms with E-state index in [-0.39, 0.29) is 24.0 Å². The molecule has 23 heavy (non-hydrogen) atoms. The number of rotatable bonds is 17. The van der Waals surface area contributed by atoms with Crippen LogP contribution in [-0.2, 0) is 0 Å². The van der Waals surface area contributed by atoms with Crippen LogP contribution in [0.3, 0.4) is 0 Å². The van der Waals surface area contributed by atoms with E-state index in [2.05, 4.69) is 20.8 Å². The highest BCUT2D eigenvalue weighted by atomic mass is 127. The van der Waals surface area contributed by atoms with Crippen LogP contribution in [0, 0.1) is 0 Å². The maximum atomic E-state index is 6.03. The zero-order valence-electron chi connectivity index (χ0n) is 16.2. The molecule has 0 bridgehead atoms. The lowest BCUT2D eigenvalue weighted by atomic mass is 10.1. The zero-order chi connectivity index (χ0) is 16.5. The van der Waals surface area contributed by atoms with Crippen molar-refractivity contribution >= 4 is 11.6 Å². The summed E-state index contributed by atoms with van der Waals surface area (Å²) in [5.41, 5.74) is 0. The van der Waals surface area contributed by atoms with Crippen LogP contribution < -0.4 is 24.0 Å². The first-order valence-electron chi connectivity index (χ1n) is 10.2. The molecule has 0 atom stereocenters. The minimum absolute atomic E-state index is 0. The molecule has 3 heteroatoms. The molecule has 0 aliphatic heterocycles. The molecule has 0 spiro atoms. The van der Waals surface area contributed by atoms with Crippen LogP contribution in [0.15, 0.2) is 0 Å². The fraction of sp³-hybridized carbons (Fsp3) is 1.00. The van der Waals surface area contributed by atoms with Gasteiger partial charge in [-0.15, -0.1) is 11.6 Å². The Morgan fingerprint density at radius 3 is 1.26 bits per heavy atom. The average molecular weight is 460 g/mol. The van der Waals surface area contributed by atoms with Crippen molar-refractivity contribution in [3.8, 4) is 0 Å². The minimum Gasteiger partial charge on any atom is -1.00 e. The summed E-state index contributed by atoms with van der Waals surface area (Å²) in [6.45, 7) is 12.4. The lowest BCUT2D eigenvalue weighted by molar-refractivity contribution is -0.928. The zero-order valence-corrected chi connectivity index (χ0v) is 19.1. The second-order valence-electron chi connectivity index (χ2n) is 7.11. The molecule has 0 heterocycles. The Morgan fingerprint density at radius 1 is 0.522 bits per heavy atom. The van der Waals surface area contributed by atoms with Crippen LogP contribution in [0.2, 0.25) is 0 Å². The second kappa shape index (κ2) is 19.3. The van der Waals surface area contributed by atoms with E-state index in [1.54, 1.807) is 0 Å². The standard InChI is InChI=1S/C20H43ClN.HI/c1-4-7-10-13-18-22(20-15-16-21,17-12-9-6-3)19-14-11-8-5-2;/h4-20H2,1-3H3;1H/q+1;/p-1. The number of hydrogen-bond donors (Lipinski definition) is 0. The van der Waals surface area contributed by atoms with E-state index in [0.717, 1.165) is 5.88 Å². The Labute approximate surface area is 169 Å². The fourth-order valence-electron chi connectivity index (χ4n) is 3.51. The van der Waals surface area contributed by atoms with Gasteiger partial charge in [0.25, 0.3) is 0 Å². The van der Waals surface area contributed by atoms with Crippen LogP contribution in [0.5, 0.6) is 0 Å². The van der Waals surface area contributed by atoms with Crippen LogP contribution in [0.1, 0.15) is 97.8 Å². The summed E-state index contributed by atoms with van der Waals surface area (Å²) in [6, 6.07) is 0. The smallest absolute Gasteiger partial charge is 0.0798 e. The third kappa shape index (κ3) is 15.0. The third-order valence-electron chi connectivity index (χ3n) is 4.97. The molecule has 1 nitrogen and oxygen atoms in total. The Hall–Kier alpha value is 0.980. The molecule has 0 aromatic heterocycles. The van der Waals surface area contributed by atoms with E-state index in [9.17, 15) is 0 Å². The molecule has 0 unspecified atom stereocenters. The predicted octanol–water partition coefficient (Wildman–Crippen LogP) is 3.79. The Kier molecular flexibility index (Phi) is 22.0. The first-order chi connectivity index (χ1) is 10.7. The first-order valence-corrected chi connectivity index (χ1v) is 10.7. The molecule has 0 fully saturated rings. The van der Waals surface area contributed by atoms with Crippen molar-refractivity contribution in [2.24, 2.45) is 0 Å². The monoisotopic (exact) mass is 459 g/mol. The summed E-state index contributed by atoms with van der Waals surface area (Å²) in [6.07, 6.45) is 16.5. The van der Waals surface area contributed by atoms with Gasteiger partial charge in [0.05, 0.1) is 26.2 Å². The van der Waals surface area contributed by atoms with Gasteiger partial charge in [-0.3, -0.25) is 0 Å². The quantitative estimate of drug-likeness (QED) is 0.134. The highest BCUT2D eigenvalue weighted by Gasteiger charge is 2.25. The molecule has 0 saturated carbocycles. The Bertz CT molecular complexity index is 212. The molecule has 0 aromatic rings. The summed E-state index contributed by atoms with van der Waals surface area (Å²) in [5, 5.41) is 0. The van der Waals surface area contributed by atoms with Gasteiger partial charge in [0.15, 0.2) is 0 Å². The van der Waals surface area contributed by atoms with Crippen molar-refractivity contribution in [1.82, 2.24) is 0 Å². The maximum Gasteiger partial charge on any atom is 0.0798 e. The fourth-order valence-corrected chi connectivity index (χ4v) is 3.63. The molecule has 0 aromatic carbocycles. The van der Waals surface area contributed by atoms with E-state index in [4.69, 9.17) is 11.6 Å². The topological polar surface area (TPSA) is 0 Å². The molecule has 0 aliphatic carbocycles. The summed E-state index contributed by atoms with van der Waals surface area (Å²) >= 11 is 6.03. The number of nitrogens with zero attached hydrogens (tertiary/aromatic N) is 1. The number of unbranched alkanes of at least 4 members (excludes halogenated alkanes) is 8. The van der Waals surface area contributed by atoms with Crippen molar-refractivity contribution in [2.75, 3.05) is 32.1 Å². The predicted molar refractivity (Wildman–Crippen MR) is 103 cm³/mol. The lowest BCUT2D eigenvalue weighted by Gasteiger charge is -2.39. The minimum atomic E-state index is 0. The molecule has 0 radical (unpaired) electrons. The van der Waals surface area contributed by atoms with Crippen LogP contribution in [0.25, 0.3) is 0 Å². The first kappa shape index (κ1) is 26.2. The third-order valence-corrected chi connectivity index (χ3v) is 5.24. The van der Waals surface area contributed by atoms with Gasteiger partial charge in [-0.05, 0) is 38.5 Å². The molecular weight excluding hydrogens is 417 g/mol. The number of quaternary nitrogens is 1. The van der Waals surface area contributed by atoms with Gasteiger partial charge >= 0.3 is 0 Å². The summed E-state index contributed by atoms with van der Waals surface area (Å²) in [5.74, 6) is 0.831. The largest absolute Gasteiger partial charge is 1.00 e. The van der Waals surface area contributed by atoms with E-state index in [1.807, 2.05) is 0 Å². The molecule has 0 N–H and O–H groups in total. The van der Waals surface area contributed by atoms with Crippen LogP contribution in [-0.4, -0.2) is 36.5 Å². The van der Waals surface area contributed by atoms with Crippen molar-refractivity contribution in [2.45, 2.75) is 97.8 Å². The Morgan fingerprint density at radius 2 is 0.870 bits per heavy atom. The van der Waals surface area contributed by atoms with Gasteiger partial charge < -0.3 is 28.5 Å². The van der Waals surface area contributed by atoms with E-state index < -0.39 is 0 Å². The molecule has 0 saturated heterocycles. The van der Waals surface area contributed by atoms with Crippen LogP contribution in [0.4, 0.5) is 0 Å². The van der Waals surface area contributed by atoms with Gasteiger partial charge in [-0.1, -0.05) is 52.9 Å². The van der Waals surface area contributed by atoms with E-state index in [1.165, 1.54) is 108 Å². The molecule has 0 rings (SSSR count). The van der Waals surface area contributed by atoms with Gasteiger partial charge in [0, 0.05) is 12.3 Å². The van der Waals surface area contributed by atoms with E-state index >= 15 is 0 Å². The van der Waals surface area contributed by atoms with Gasteiger partial charge in [0.1, 0.15) is 0 Å². The Balaban J connectivity index is 0. The summed E-state index contributed by atoms with van der Waals surface area (Å²) in [7, 11) is 0. The SMILES string of the molecule is CCCCCC[N+](CCCCl)(CCCCC)CCCCCC.[I-]. The van der Waals surface area contributed by atoms with Crippen molar-refractivity contribution in [3.63, 3.8) is 0 Å².